The van der Waals surface area contributed by atoms with Crippen LogP contribution < -0.4 is 10.1 Å². The van der Waals surface area contributed by atoms with E-state index in [0.29, 0.717) is 11.4 Å². The Hall–Kier alpha value is -2.95. The first-order valence-electron chi connectivity index (χ1n) is 6.74. The Morgan fingerprint density at radius 2 is 1.95 bits per heavy atom. The number of halogens is 1. The molecule has 0 bridgehead atoms. The van der Waals surface area contributed by atoms with Crippen molar-refractivity contribution < 1.29 is 13.9 Å². The van der Waals surface area contributed by atoms with Gasteiger partial charge >= 0.3 is 0 Å². The molecule has 0 aliphatic rings. The summed E-state index contributed by atoms with van der Waals surface area (Å²) < 4.78 is 18.1. The van der Waals surface area contributed by atoms with Crippen LogP contribution in [-0.2, 0) is 4.79 Å². The third kappa shape index (κ3) is 3.38. The third-order valence-corrected chi connectivity index (χ3v) is 3.07. The summed E-state index contributed by atoms with van der Waals surface area (Å²) in [5.74, 6) is -0.187. The number of pyridine rings is 1. The zero-order chi connectivity index (χ0) is 15.4. The lowest BCUT2D eigenvalue weighted by Crippen LogP contribution is -2.20. The second kappa shape index (κ2) is 6.22. The third-order valence-electron chi connectivity index (χ3n) is 3.07. The molecule has 1 amide bonds. The number of anilines is 1. The first kappa shape index (κ1) is 14.0. The molecule has 3 rings (SSSR count). The van der Waals surface area contributed by atoms with Crippen LogP contribution in [0.1, 0.15) is 0 Å². The maximum absolute atomic E-state index is 12.8. The zero-order valence-corrected chi connectivity index (χ0v) is 11.6. The lowest BCUT2D eigenvalue weighted by atomic mass is 10.2. The molecule has 0 radical (unpaired) electrons. The maximum Gasteiger partial charge on any atom is 0.262 e. The van der Waals surface area contributed by atoms with E-state index in [1.54, 1.807) is 12.3 Å². The van der Waals surface area contributed by atoms with Gasteiger partial charge in [-0.05, 0) is 48.5 Å². The Balaban J connectivity index is 1.61. The van der Waals surface area contributed by atoms with Gasteiger partial charge in [0.2, 0.25) is 0 Å². The Kier molecular flexibility index (Phi) is 3.96. The van der Waals surface area contributed by atoms with E-state index in [4.69, 9.17) is 4.74 Å². The van der Waals surface area contributed by atoms with Crippen molar-refractivity contribution >= 4 is 22.5 Å². The van der Waals surface area contributed by atoms with Crippen LogP contribution in [0.3, 0.4) is 0 Å². The van der Waals surface area contributed by atoms with Crippen molar-refractivity contribution in [2.45, 2.75) is 0 Å². The summed E-state index contributed by atoms with van der Waals surface area (Å²) in [7, 11) is 0. The second-order valence-corrected chi connectivity index (χ2v) is 4.70. The number of hydrogen-bond acceptors (Lipinski definition) is 3. The molecule has 2 aromatic carbocycles. The molecule has 0 saturated carbocycles. The number of ether oxygens (including phenoxy) is 1. The van der Waals surface area contributed by atoms with E-state index in [9.17, 15) is 9.18 Å². The fraction of sp³-hybridized carbons (Fsp3) is 0.0588. The van der Waals surface area contributed by atoms with Gasteiger partial charge in [-0.25, -0.2) is 4.39 Å². The number of benzene rings is 2. The predicted molar refractivity (Wildman–Crippen MR) is 82.3 cm³/mol. The molecule has 1 aromatic heterocycles. The van der Waals surface area contributed by atoms with Crippen molar-refractivity contribution in [2.75, 3.05) is 11.9 Å². The minimum atomic E-state index is -0.346. The zero-order valence-electron chi connectivity index (χ0n) is 11.6. The van der Waals surface area contributed by atoms with E-state index in [1.807, 2.05) is 24.3 Å². The molecule has 0 fully saturated rings. The van der Waals surface area contributed by atoms with Gasteiger partial charge in [-0.2, -0.15) is 0 Å². The molecular formula is C17H13FN2O2. The van der Waals surface area contributed by atoms with Crippen LogP contribution in [0.2, 0.25) is 0 Å². The van der Waals surface area contributed by atoms with Gasteiger partial charge in [0.05, 0.1) is 5.52 Å². The summed E-state index contributed by atoms with van der Waals surface area (Å²) in [6, 6.07) is 14.7. The Bertz CT molecular complexity index is 803. The van der Waals surface area contributed by atoms with Gasteiger partial charge in [0, 0.05) is 17.3 Å². The maximum atomic E-state index is 12.8. The summed E-state index contributed by atoms with van der Waals surface area (Å²) in [6.07, 6.45) is 1.72. The van der Waals surface area contributed by atoms with Crippen LogP contribution in [-0.4, -0.2) is 17.5 Å². The molecular weight excluding hydrogens is 283 g/mol. The number of fused-ring (bicyclic) bond motifs is 1. The standard InChI is InChI=1S/C17H13FN2O2/c18-13-3-6-15(7-4-13)22-11-17(21)20-14-5-8-16-12(10-14)2-1-9-19-16/h1-10H,11H2,(H,20,21). The molecule has 110 valence electrons. The molecule has 4 nitrogen and oxygen atoms in total. The lowest BCUT2D eigenvalue weighted by molar-refractivity contribution is -0.118. The van der Waals surface area contributed by atoms with Gasteiger partial charge in [0.15, 0.2) is 6.61 Å². The average molecular weight is 296 g/mol. The average Bonchev–Trinajstić information content (AvgIpc) is 2.54. The first-order valence-corrected chi connectivity index (χ1v) is 6.74. The SMILES string of the molecule is O=C(COc1ccc(F)cc1)Nc1ccc2ncccc2c1. The van der Waals surface area contributed by atoms with Gasteiger partial charge in [0.1, 0.15) is 11.6 Å². The van der Waals surface area contributed by atoms with E-state index in [1.165, 1.54) is 24.3 Å². The fourth-order valence-electron chi connectivity index (χ4n) is 2.03. The van der Waals surface area contributed by atoms with E-state index in [-0.39, 0.29) is 18.3 Å². The van der Waals surface area contributed by atoms with Crippen molar-refractivity contribution in [1.29, 1.82) is 0 Å². The van der Waals surface area contributed by atoms with Crippen LogP contribution >= 0.6 is 0 Å². The highest BCUT2D eigenvalue weighted by atomic mass is 19.1. The molecule has 5 heteroatoms. The highest BCUT2D eigenvalue weighted by Gasteiger charge is 2.05. The van der Waals surface area contributed by atoms with Gasteiger partial charge < -0.3 is 10.1 Å². The molecule has 0 aliphatic carbocycles. The largest absolute Gasteiger partial charge is 0.484 e. The minimum absolute atomic E-state index is 0.142. The van der Waals surface area contributed by atoms with Gasteiger partial charge in [-0.1, -0.05) is 6.07 Å². The van der Waals surface area contributed by atoms with Crippen molar-refractivity contribution in [3.8, 4) is 5.75 Å². The summed E-state index contributed by atoms with van der Waals surface area (Å²) in [6.45, 7) is -0.142. The smallest absolute Gasteiger partial charge is 0.262 e. The number of amides is 1. The highest BCUT2D eigenvalue weighted by Crippen LogP contribution is 2.17. The predicted octanol–water partition coefficient (Wildman–Crippen LogP) is 3.39. The van der Waals surface area contributed by atoms with Crippen LogP contribution in [0.5, 0.6) is 5.75 Å². The van der Waals surface area contributed by atoms with Gasteiger partial charge in [0.25, 0.3) is 5.91 Å². The summed E-state index contributed by atoms with van der Waals surface area (Å²) in [5, 5.41) is 3.69. The number of nitrogens with zero attached hydrogens (tertiary/aromatic N) is 1. The van der Waals surface area contributed by atoms with Crippen LogP contribution in [0.4, 0.5) is 10.1 Å². The second-order valence-electron chi connectivity index (χ2n) is 4.70. The quantitative estimate of drug-likeness (QED) is 0.803. The molecule has 0 unspecified atom stereocenters. The van der Waals surface area contributed by atoms with Gasteiger partial charge in [-0.15, -0.1) is 0 Å². The fourth-order valence-corrected chi connectivity index (χ4v) is 2.03. The molecule has 0 aliphatic heterocycles. The number of carbonyl (C=O) groups excluding carboxylic acids is 1. The summed E-state index contributed by atoms with van der Waals surface area (Å²) >= 11 is 0. The summed E-state index contributed by atoms with van der Waals surface area (Å²) in [4.78, 5) is 16.1. The molecule has 0 atom stereocenters. The van der Waals surface area contributed by atoms with E-state index >= 15 is 0 Å². The molecule has 3 aromatic rings. The van der Waals surface area contributed by atoms with Crippen molar-refractivity contribution in [3.63, 3.8) is 0 Å². The number of nitrogens with one attached hydrogen (secondary N) is 1. The van der Waals surface area contributed by atoms with Crippen molar-refractivity contribution in [2.24, 2.45) is 0 Å². The molecule has 1 N–H and O–H groups in total. The lowest BCUT2D eigenvalue weighted by Gasteiger charge is -2.08. The Morgan fingerprint density at radius 3 is 2.77 bits per heavy atom. The van der Waals surface area contributed by atoms with Crippen molar-refractivity contribution in [3.05, 3.63) is 66.6 Å². The van der Waals surface area contributed by atoms with Crippen LogP contribution in [0, 0.1) is 5.82 Å². The monoisotopic (exact) mass is 296 g/mol. The molecule has 1 heterocycles. The summed E-state index contributed by atoms with van der Waals surface area (Å²) in [5.41, 5.74) is 1.54. The van der Waals surface area contributed by atoms with E-state index < -0.39 is 0 Å². The number of hydrogen-bond donors (Lipinski definition) is 1. The molecule has 0 saturated heterocycles. The minimum Gasteiger partial charge on any atom is -0.484 e. The normalized spacial score (nSPS) is 10.4. The number of carbonyl (C=O) groups is 1. The number of aromatic nitrogens is 1. The molecule has 22 heavy (non-hydrogen) atoms. The molecule has 0 spiro atoms. The van der Waals surface area contributed by atoms with Crippen LogP contribution in [0.25, 0.3) is 10.9 Å². The van der Waals surface area contributed by atoms with Crippen LogP contribution in [0.15, 0.2) is 60.8 Å². The topological polar surface area (TPSA) is 51.2 Å². The highest BCUT2D eigenvalue weighted by molar-refractivity contribution is 5.94. The number of rotatable bonds is 4. The Labute approximate surface area is 126 Å². The van der Waals surface area contributed by atoms with Crippen molar-refractivity contribution in [1.82, 2.24) is 4.98 Å². The Morgan fingerprint density at radius 1 is 1.14 bits per heavy atom. The first-order chi connectivity index (χ1) is 10.7. The van der Waals surface area contributed by atoms with E-state index in [0.717, 1.165) is 10.9 Å². The van der Waals surface area contributed by atoms with E-state index in [2.05, 4.69) is 10.3 Å². The van der Waals surface area contributed by atoms with Gasteiger partial charge in [-0.3, -0.25) is 9.78 Å².